The molecule has 1 aliphatic heterocycles. The van der Waals surface area contributed by atoms with E-state index in [9.17, 15) is 4.79 Å². The van der Waals surface area contributed by atoms with E-state index in [1.807, 2.05) is 30.4 Å². The number of hydrogen-bond donors (Lipinski definition) is 2. The Kier molecular flexibility index (Phi) is 8.80. The summed E-state index contributed by atoms with van der Waals surface area (Å²) in [5.74, 6) is 3.57. The average Bonchev–Trinajstić information content (AvgIpc) is 2.26. The lowest BCUT2D eigenvalue weighted by atomic mass is 10.2. The first-order chi connectivity index (χ1) is 6.74. The van der Waals surface area contributed by atoms with E-state index in [0.29, 0.717) is 11.7 Å². The molecule has 6 heteroatoms. The summed E-state index contributed by atoms with van der Waals surface area (Å²) in [6, 6.07) is -0.337. The molecule has 1 amide bonds. The normalized spacial score (nSPS) is 22.7. The van der Waals surface area contributed by atoms with Gasteiger partial charge in [-0.15, -0.1) is 12.4 Å². The maximum Gasteiger partial charge on any atom is 0.236 e. The highest BCUT2D eigenvalue weighted by Crippen LogP contribution is 2.23. The Morgan fingerprint density at radius 1 is 1.60 bits per heavy atom. The molecule has 0 aromatic heterocycles. The first-order valence-corrected chi connectivity index (χ1v) is 7.17. The molecule has 0 spiro atoms. The van der Waals surface area contributed by atoms with Crippen LogP contribution in [0.2, 0.25) is 0 Å². The largest absolute Gasteiger partial charge is 0.354 e. The highest BCUT2D eigenvalue weighted by molar-refractivity contribution is 8.06. The van der Waals surface area contributed by atoms with Gasteiger partial charge in [-0.25, -0.2) is 0 Å². The van der Waals surface area contributed by atoms with Crippen molar-refractivity contribution in [3.05, 3.63) is 0 Å². The third kappa shape index (κ3) is 5.90. The zero-order valence-corrected chi connectivity index (χ0v) is 11.4. The summed E-state index contributed by atoms with van der Waals surface area (Å²) in [5, 5.41) is 3.48. The Hall–Kier alpha value is 0.420. The van der Waals surface area contributed by atoms with Gasteiger partial charge in [-0.2, -0.15) is 23.5 Å². The number of carbonyl (C=O) groups excluding carboxylic acids is 1. The first kappa shape index (κ1) is 15.4. The summed E-state index contributed by atoms with van der Waals surface area (Å²) < 4.78 is 0. The predicted octanol–water partition coefficient (Wildman–Crippen LogP) is 1.11. The first-order valence-electron chi connectivity index (χ1n) is 4.96. The van der Waals surface area contributed by atoms with Gasteiger partial charge in [0.05, 0.1) is 6.04 Å². The topological polar surface area (TPSA) is 55.1 Å². The van der Waals surface area contributed by atoms with Gasteiger partial charge in [0.1, 0.15) is 0 Å². The number of carbonyl (C=O) groups is 1. The van der Waals surface area contributed by atoms with Crippen molar-refractivity contribution in [1.29, 1.82) is 0 Å². The van der Waals surface area contributed by atoms with Crippen molar-refractivity contribution in [1.82, 2.24) is 5.32 Å². The number of nitrogens with two attached hydrogens (primary N) is 1. The van der Waals surface area contributed by atoms with Crippen molar-refractivity contribution in [3.63, 3.8) is 0 Å². The number of amides is 1. The van der Waals surface area contributed by atoms with Gasteiger partial charge in [0.25, 0.3) is 0 Å². The van der Waals surface area contributed by atoms with Crippen LogP contribution >= 0.6 is 35.9 Å². The number of hydrogen-bond acceptors (Lipinski definition) is 4. The Balaban J connectivity index is 0.00000196. The summed E-state index contributed by atoms with van der Waals surface area (Å²) >= 11 is 3.91. The molecule has 1 fully saturated rings. The van der Waals surface area contributed by atoms with Gasteiger partial charge < -0.3 is 11.1 Å². The minimum absolute atomic E-state index is 0. The van der Waals surface area contributed by atoms with Crippen LogP contribution in [0.15, 0.2) is 0 Å². The highest BCUT2D eigenvalue weighted by atomic mass is 35.5. The van der Waals surface area contributed by atoms with Crippen molar-refractivity contribution in [2.75, 3.05) is 23.8 Å². The van der Waals surface area contributed by atoms with Crippen molar-refractivity contribution >= 4 is 41.8 Å². The van der Waals surface area contributed by atoms with Crippen molar-refractivity contribution in [2.24, 2.45) is 5.73 Å². The third-order valence-corrected chi connectivity index (χ3v) is 5.01. The molecule has 1 rings (SSSR count). The molecule has 0 saturated carbocycles. The van der Waals surface area contributed by atoms with Crippen LogP contribution in [-0.4, -0.2) is 41.0 Å². The summed E-state index contributed by atoms with van der Waals surface area (Å²) in [5.41, 5.74) is 5.61. The monoisotopic (exact) mass is 270 g/mol. The maximum atomic E-state index is 11.4. The third-order valence-electron chi connectivity index (χ3n) is 2.17. The van der Waals surface area contributed by atoms with E-state index in [-0.39, 0.29) is 24.4 Å². The van der Waals surface area contributed by atoms with E-state index >= 15 is 0 Å². The fourth-order valence-electron chi connectivity index (χ4n) is 1.19. The molecule has 0 bridgehead atoms. The zero-order valence-electron chi connectivity index (χ0n) is 8.90. The number of thioether (sulfide) groups is 2. The van der Waals surface area contributed by atoms with Crippen molar-refractivity contribution in [2.45, 2.75) is 24.6 Å². The van der Waals surface area contributed by atoms with Crippen LogP contribution in [0.3, 0.4) is 0 Å². The molecule has 0 aromatic carbocycles. The molecule has 3 nitrogen and oxygen atoms in total. The average molecular weight is 271 g/mol. The molecule has 1 aliphatic rings. The Bertz CT molecular complexity index is 189. The Labute approximate surface area is 106 Å². The van der Waals surface area contributed by atoms with Crippen LogP contribution in [0, 0.1) is 0 Å². The molecule has 2 atom stereocenters. The lowest BCUT2D eigenvalue weighted by Crippen LogP contribution is -2.43. The highest BCUT2D eigenvalue weighted by Gasteiger charge is 2.16. The van der Waals surface area contributed by atoms with E-state index in [2.05, 4.69) is 5.32 Å². The second-order valence-corrected chi connectivity index (χ2v) is 5.89. The van der Waals surface area contributed by atoms with Crippen LogP contribution in [0.4, 0.5) is 0 Å². The van der Waals surface area contributed by atoms with Gasteiger partial charge in [0.15, 0.2) is 0 Å². The molecular formula is C9H19ClN2OS2. The second kappa shape index (κ2) is 8.56. The Morgan fingerprint density at radius 3 is 2.87 bits per heavy atom. The van der Waals surface area contributed by atoms with Crippen LogP contribution in [0.5, 0.6) is 0 Å². The zero-order chi connectivity index (χ0) is 10.4. The van der Waals surface area contributed by atoms with Crippen LogP contribution in [-0.2, 0) is 4.79 Å². The summed E-state index contributed by atoms with van der Waals surface area (Å²) in [6.45, 7) is 2.69. The van der Waals surface area contributed by atoms with Crippen molar-refractivity contribution < 1.29 is 4.79 Å². The van der Waals surface area contributed by atoms with Gasteiger partial charge in [-0.05, 0) is 6.42 Å². The van der Waals surface area contributed by atoms with Gasteiger partial charge in [-0.1, -0.05) is 6.92 Å². The summed E-state index contributed by atoms with van der Waals surface area (Å²) in [6.07, 6.45) is 0.707. The van der Waals surface area contributed by atoms with E-state index in [1.54, 1.807) is 0 Å². The van der Waals surface area contributed by atoms with E-state index in [0.717, 1.165) is 12.3 Å². The molecule has 1 unspecified atom stereocenters. The fourth-order valence-corrected chi connectivity index (χ4v) is 3.80. The second-order valence-electron chi connectivity index (χ2n) is 3.33. The molecule has 0 radical (unpaired) electrons. The van der Waals surface area contributed by atoms with Crippen molar-refractivity contribution in [3.8, 4) is 0 Å². The number of nitrogens with one attached hydrogen (secondary N) is 1. The van der Waals surface area contributed by atoms with Crippen LogP contribution in [0.25, 0.3) is 0 Å². The minimum atomic E-state index is -0.337. The van der Waals surface area contributed by atoms with Gasteiger partial charge in [0, 0.05) is 29.1 Å². The van der Waals surface area contributed by atoms with Crippen LogP contribution in [0.1, 0.15) is 13.3 Å². The van der Waals surface area contributed by atoms with Crippen LogP contribution < -0.4 is 11.1 Å². The van der Waals surface area contributed by atoms with Gasteiger partial charge in [-0.3, -0.25) is 4.79 Å². The molecule has 1 saturated heterocycles. The quantitative estimate of drug-likeness (QED) is 0.804. The smallest absolute Gasteiger partial charge is 0.236 e. The lowest BCUT2D eigenvalue weighted by molar-refractivity contribution is -0.122. The lowest BCUT2D eigenvalue weighted by Gasteiger charge is -2.21. The van der Waals surface area contributed by atoms with Gasteiger partial charge in [0.2, 0.25) is 5.91 Å². The number of halogens is 1. The minimum Gasteiger partial charge on any atom is -0.354 e. The fraction of sp³-hybridized carbons (Fsp3) is 0.889. The molecule has 1 heterocycles. The van der Waals surface area contributed by atoms with E-state index in [4.69, 9.17) is 5.73 Å². The van der Waals surface area contributed by atoms with E-state index < -0.39 is 0 Å². The predicted molar refractivity (Wildman–Crippen MR) is 72.1 cm³/mol. The molecule has 0 aromatic rings. The van der Waals surface area contributed by atoms with Gasteiger partial charge >= 0.3 is 0 Å². The molecular weight excluding hydrogens is 252 g/mol. The summed E-state index contributed by atoms with van der Waals surface area (Å²) in [7, 11) is 0. The number of rotatable bonds is 4. The summed E-state index contributed by atoms with van der Waals surface area (Å²) in [4.78, 5) is 11.4. The van der Waals surface area contributed by atoms with E-state index in [1.165, 1.54) is 11.5 Å². The molecule has 15 heavy (non-hydrogen) atoms. The Morgan fingerprint density at radius 2 is 2.33 bits per heavy atom. The molecule has 90 valence electrons. The molecule has 0 aliphatic carbocycles. The standard InChI is InChI=1S/C9H18N2OS2.ClH/c1-2-8(10)9(12)11-5-7-6-13-3-4-14-7;/h7-8H,2-6,10H2,1H3,(H,11,12);1H/t7?,8-;/m0./s1. The maximum absolute atomic E-state index is 11.4. The molecule has 3 N–H and O–H groups in total. The SMILES string of the molecule is CC[C@H](N)C(=O)NCC1CSCCS1.Cl.